The maximum absolute atomic E-state index is 12.7. The number of carbonyl (C=O) groups is 2. The maximum atomic E-state index is 12.7. The van der Waals surface area contributed by atoms with E-state index in [4.69, 9.17) is 0 Å². The summed E-state index contributed by atoms with van der Waals surface area (Å²) in [6.07, 6.45) is 2.56. The fourth-order valence-electron chi connectivity index (χ4n) is 3.88. The van der Waals surface area contributed by atoms with Gasteiger partial charge in [-0.05, 0) is 43.5 Å². The van der Waals surface area contributed by atoms with E-state index in [1.807, 2.05) is 32.0 Å². The van der Waals surface area contributed by atoms with E-state index in [0.29, 0.717) is 24.5 Å². The zero-order valence-corrected chi connectivity index (χ0v) is 19.0. The number of pyridine rings is 1. The van der Waals surface area contributed by atoms with Crippen molar-refractivity contribution < 1.29 is 9.59 Å². The van der Waals surface area contributed by atoms with Crippen molar-refractivity contribution in [2.45, 2.75) is 20.3 Å². The van der Waals surface area contributed by atoms with E-state index >= 15 is 0 Å². The molecule has 1 aliphatic rings. The Bertz CT molecular complexity index is 996. The number of rotatable bonds is 6. The van der Waals surface area contributed by atoms with E-state index < -0.39 is 0 Å². The fraction of sp³-hybridized carbons (Fsp3) is 0.417. The van der Waals surface area contributed by atoms with E-state index in [-0.39, 0.29) is 24.9 Å². The van der Waals surface area contributed by atoms with Crippen molar-refractivity contribution in [3.05, 3.63) is 53.2 Å². The second-order valence-corrected chi connectivity index (χ2v) is 8.17. The summed E-state index contributed by atoms with van der Waals surface area (Å²) >= 11 is 0. The molecule has 1 fully saturated rings. The van der Waals surface area contributed by atoms with Gasteiger partial charge in [-0.25, -0.2) is 4.98 Å². The number of nitrogens with zero attached hydrogens (tertiary/aromatic N) is 5. The highest BCUT2D eigenvalue weighted by atomic mass is 16.2. The highest BCUT2D eigenvalue weighted by molar-refractivity contribution is 5.95. The molecule has 0 spiro atoms. The van der Waals surface area contributed by atoms with Gasteiger partial charge in [0.05, 0.1) is 18.7 Å². The van der Waals surface area contributed by atoms with Crippen molar-refractivity contribution in [2.75, 3.05) is 56.5 Å². The topological polar surface area (TPSA) is 92.6 Å². The third-order valence-electron chi connectivity index (χ3n) is 5.71. The summed E-state index contributed by atoms with van der Waals surface area (Å²) in [5.41, 5.74) is 3.35. The average Bonchev–Trinajstić information content (AvgIpc) is 3.01. The van der Waals surface area contributed by atoms with Crippen molar-refractivity contribution in [1.29, 1.82) is 5.26 Å². The first-order valence-electron chi connectivity index (χ1n) is 10.8. The van der Waals surface area contributed by atoms with Gasteiger partial charge in [0.15, 0.2) is 0 Å². The molecule has 3 rings (SSSR count). The van der Waals surface area contributed by atoms with Crippen molar-refractivity contribution in [3.8, 4) is 6.07 Å². The fourth-order valence-corrected chi connectivity index (χ4v) is 3.88. The molecule has 0 atom stereocenters. The Labute approximate surface area is 189 Å². The molecule has 2 amide bonds. The van der Waals surface area contributed by atoms with Crippen molar-refractivity contribution in [2.24, 2.45) is 0 Å². The number of nitriles is 1. The molecule has 0 bridgehead atoms. The van der Waals surface area contributed by atoms with Crippen LogP contribution < -0.4 is 10.2 Å². The second-order valence-electron chi connectivity index (χ2n) is 8.17. The van der Waals surface area contributed by atoms with Crippen LogP contribution in [0.15, 0.2) is 36.5 Å². The maximum Gasteiger partial charge on any atom is 0.243 e. The zero-order chi connectivity index (χ0) is 23.1. The number of carbonyl (C=O) groups excluding carboxylic acids is 2. The van der Waals surface area contributed by atoms with E-state index in [9.17, 15) is 14.9 Å². The van der Waals surface area contributed by atoms with Crippen LogP contribution in [0.4, 0.5) is 11.5 Å². The predicted octanol–water partition coefficient (Wildman–Crippen LogP) is 2.18. The summed E-state index contributed by atoms with van der Waals surface area (Å²) in [5, 5.41) is 12.3. The van der Waals surface area contributed by atoms with Crippen molar-refractivity contribution in [3.63, 3.8) is 0 Å². The molecular weight excluding hydrogens is 404 g/mol. The number of hydrogen-bond donors (Lipinski definition) is 1. The Balaban J connectivity index is 1.52. The van der Waals surface area contributed by atoms with Crippen LogP contribution in [-0.4, -0.2) is 72.9 Å². The highest BCUT2D eigenvalue weighted by Gasteiger charge is 2.22. The van der Waals surface area contributed by atoms with Crippen molar-refractivity contribution in [1.82, 2.24) is 14.8 Å². The minimum atomic E-state index is -0.209. The molecule has 2 heterocycles. The van der Waals surface area contributed by atoms with Crippen LogP contribution in [0.3, 0.4) is 0 Å². The first kappa shape index (κ1) is 23.2. The molecule has 8 nitrogen and oxygen atoms in total. The molecule has 0 aliphatic carbocycles. The Morgan fingerprint density at radius 1 is 1.12 bits per heavy atom. The van der Waals surface area contributed by atoms with Crippen LogP contribution >= 0.6 is 0 Å². The molecule has 1 aromatic heterocycles. The van der Waals surface area contributed by atoms with E-state index in [0.717, 1.165) is 36.3 Å². The quantitative estimate of drug-likeness (QED) is 0.749. The van der Waals surface area contributed by atoms with Gasteiger partial charge in [0.25, 0.3) is 0 Å². The van der Waals surface area contributed by atoms with Crippen molar-refractivity contribution >= 4 is 23.3 Å². The average molecular weight is 435 g/mol. The van der Waals surface area contributed by atoms with Crippen LogP contribution in [0.5, 0.6) is 0 Å². The summed E-state index contributed by atoms with van der Waals surface area (Å²) in [6, 6.07) is 11.6. The van der Waals surface area contributed by atoms with Gasteiger partial charge < -0.3 is 15.1 Å². The first-order chi connectivity index (χ1) is 15.4. The number of para-hydroxylation sites is 1. The Hall–Kier alpha value is -3.44. The minimum absolute atomic E-state index is 0.00599. The van der Waals surface area contributed by atoms with Crippen LogP contribution in [0.1, 0.15) is 23.1 Å². The standard InChI is InChI=1S/C24H30N6O2/c1-18-7-4-8-19(2)23(18)27-21(31)16-28(3)22(32)17-29-11-6-12-30(14-13-29)24-20(15-25)9-5-10-26-24/h4-5,7-10H,6,11-14,16-17H2,1-3H3,(H,27,31). The van der Waals surface area contributed by atoms with Gasteiger partial charge in [-0.2, -0.15) is 5.26 Å². The van der Waals surface area contributed by atoms with Gasteiger partial charge in [-0.3, -0.25) is 14.5 Å². The first-order valence-corrected chi connectivity index (χ1v) is 10.8. The highest BCUT2D eigenvalue weighted by Crippen LogP contribution is 2.20. The second kappa shape index (κ2) is 10.7. The van der Waals surface area contributed by atoms with Gasteiger partial charge in [0, 0.05) is 45.1 Å². The normalized spacial score (nSPS) is 14.4. The Morgan fingerprint density at radius 2 is 1.88 bits per heavy atom. The summed E-state index contributed by atoms with van der Waals surface area (Å²) in [5.74, 6) is 0.397. The Morgan fingerprint density at radius 3 is 2.59 bits per heavy atom. The molecular formula is C24H30N6O2. The third-order valence-corrected chi connectivity index (χ3v) is 5.71. The van der Waals surface area contributed by atoms with Crippen LogP contribution in [0.25, 0.3) is 0 Å². The number of aromatic nitrogens is 1. The van der Waals surface area contributed by atoms with Gasteiger partial charge in [-0.1, -0.05) is 18.2 Å². The van der Waals surface area contributed by atoms with Gasteiger partial charge in [-0.15, -0.1) is 0 Å². The number of amides is 2. The van der Waals surface area contributed by atoms with Gasteiger partial charge in [0.2, 0.25) is 11.8 Å². The van der Waals surface area contributed by atoms with E-state index in [1.165, 1.54) is 4.90 Å². The van der Waals surface area contributed by atoms with Crippen LogP contribution in [-0.2, 0) is 9.59 Å². The summed E-state index contributed by atoms with van der Waals surface area (Å²) < 4.78 is 0. The SMILES string of the molecule is Cc1cccc(C)c1NC(=O)CN(C)C(=O)CN1CCCN(c2ncccc2C#N)CC1. The largest absolute Gasteiger partial charge is 0.354 e. The molecule has 168 valence electrons. The molecule has 0 saturated carbocycles. The van der Waals surface area contributed by atoms with Crippen LogP contribution in [0.2, 0.25) is 0 Å². The molecule has 0 radical (unpaired) electrons. The molecule has 2 aromatic rings. The lowest BCUT2D eigenvalue weighted by atomic mass is 10.1. The number of hydrogen-bond acceptors (Lipinski definition) is 6. The monoisotopic (exact) mass is 434 g/mol. The molecule has 1 saturated heterocycles. The van der Waals surface area contributed by atoms with Gasteiger partial charge in [0.1, 0.15) is 11.9 Å². The number of benzene rings is 1. The molecule has 1 aliphatic heterocycles. The molecule has 8 heteroatoms. The lowest BCUT2D eigenvalue weighted by Crippen LogP contribution is -2.42. The van der Waals surface area contributed by atoms with Gasteiger partial charge >= 0.3 is 0 Å². The summed E-state index contributed by atoms with van der Waals surface area (Å²) in [7, 11) is 1.66. The van der Waals surface area contributed by atoms with E-state index in [2.05, 4.69) is 26.2 Å². The number of aryl methyl sites for hydroxylation is 2. The van der Waals surface area contributed by atoms with Crippen LogP contribution in [0, 0.1) is 25.2 Å². The summed E-state index contributed by atoms with van der Waals surface area (Å²) in [4.78, 5) is 35.3. The molecule has 1 N–H and O–H groups in total. The zero-order valence-electron chi connectivity index (χ0n) is 19.0. The van der Waals surface area contributed by atoms with E-state index in [1.54, 1.807) is 25.4 Å². The smallest absolute Gasteiger partial charge is 0.243 e. The third kappa shape index (κ3) is 5.83. The summed E-state index contributed by atoms with van der Waals surface area (Å²) in [6.45, 7) is 7.10. The lowest BCUT2D eigenvalue weighted by Gasteiger charge is -2.25. The lowest BCUT2D eigenvalue weighted by molar-refractivity contribution is -0.134. The number of anilines is 2. The minimum Gasteiger partial charge on any atom is -0.354 e. The molecule has 32 heavy (non-hydrogen) atoms. The number of nitrogens with one attached hydrogen (secondary N) is 1. The molecule has 1 aromatic carbocycles. The number of likely N-dealkylation sites (N-methyl/N-ethyl adjacent to an activating group) is 1. The predicted molar refractivity (Wildman–Crippen MR) is 124 cm³/mol. The Kier molecular flexibility index (Phi) is 7.79. The molecule has 0 unspecified atom stereocenters.